The van der Waals surface area contributed by atoms with Crippen LogP contribution in [0.3, 0.4) is 0 Å². The highest BCUT2D eigenvalue weighted by atomic mass is 32.2. The van der Waals surface area contributed by atoms with Crippen molar-refractivity contribution in [2.45, 2.75) is 18.7 Å². The fourth-order valence-electron chi connectivity index (χ4n) is 2.22. The highest BCUT2D eigenvalue weighted by molar-refractivity contribution is 7.92. The van der Waals surface area contributed by atoms with Crippen LogP contribution in [-0.4, -0.2) is 17.8 Å². The van der Waals surface area contributed by atoms with E-state index in [1.54, 1.807) is 6.92 Å². The van der Waals surface area contributed by atoms with Crippen LogP contribution >= 0.6 is 11.3 Å². The van der Waals surface area contributed by atoms with Gasteiger partial charge in [-0.25, -0.2) is 22.2 Å². The molecule has 0 fully saturated rings. The Morgan fingerprint density at radius 3 is 2.67 bits per heavy atom. The van der Waals surface area contributed by atoms with Crippen molar-refractivity contribution in [1.29, 1.82) is 0 Å². The molecule has 0 amide bonds. The molecule has 1 N–H and O–H groups in total. The number of benzene rings is 1. The average molecular weight is 371 g/mol. The molecule has 10 heteroatoms. The summed E-state index contributed by atoms with van der Waals surface area (Å²) in [6, 6.07) is 2.34. The van der Waals surface area contributed by atoms with E-state index in [0.29, 0.717) is 11.0 Å². The second-order valence-corrected chi connectivity index (χ2v) is 7.89. The molecular weight excluding hydrogens is 360 g/mol. The Hall–Kier alpha value is -2.33. The Morgan fingerprint density at radius 2 is 1.96 bits per heavy atom. The lowest BCUT2D eigenvalue weighted by atomic mass is 10.3. The summed E-state index contributed by atoms with van der Waals surface area (Å²) in [5.74, 6) is -1.78. The molecule has 1 aromatic carbocycles. The first-order valence-electron chi connectivity index (χ1n) is 6.66. The van der Waals surface area contributed by atoms with Gasteiger partial charge in [0.05, 0.1) is 11.4 Å². The SMILES string of the molecule is Cc1cn2c(=O)c(S(=O)(=O)Nc3cc(F)ccc3F)c(C)nc2s1. The summed E-state index contributed by atoms with van der Waals surface area (Å²) in [5.41, 5.74) is -1.40. The first-order valence-corrected chi connectivity index (χ1v) is 8.96. The van der Waals surface area contributed by atoms with Crippen LogP contribution in [-0.2, 0) is 10.0 Å². The summed E-state index contributed by atoms with van der Waals surface area (Å²) >= 11 is 1.24. The van der Waals surface area contributed by atoms with Crippen molar-refractivity contribution in [1.82, 2.24) is 9.38 Å². The van der Waals surface area contributed by atoms with Gasteiger partial charge in [-0.15, -0.1) is 11.3 Å². The first-order chi connectivity index (χ1) is 11.2. The van der Waals surface area contributed by atoms with Crippen LogP contribution in [0.5, 0.6) is 0 Å². The standard InChI is InChI=1S/C14H11F2N3O3S2/c1-7-6-19-13(20)12(8(2)17-14(19)23-7)24(21,22)18-11-5-9(15)3-4-10(11)16/h3-6,18H,1-2H3. The number of nitrogens with zero attached hydrogens (tertiary/aromatic N) is 2. The molecule has 3 rings (SSSR count). The average Bonchev–Trinajstić information content (AvgIpc) is 2.83. The van der Waals surface area contributed by atoms with Crippen molar-refractivity contribution in [3.63, 3.8) is 0 Å². The summed E-state index contributed by atoms with van der Waals surface area (Å²) in [6.45, 7) is 3.12. The lowest BCUT2D eigenvalue weighted by molar-refractivity contribution is 0.592. The van der Waals surface area contributed by atoms with Crippen molar-refractivity contribution >= 4 is 32.0 Å². The van der Waals surface area contributed by atoms with E-state index in [0.717, 1.165) is 21.4 Å². The normalized spacial score (nSPS) is 11.8. The summed E-state index contributed by atoms with van der Waals surface area (Å²) in [4.78, 5) is 17.1. The summed E-state index contributed by atoms with van der Waals surface area (Å²) in [7, 11) is -4.44. The van der Waals surface area contributed by atoms with E-state index < -0.39 is 37.8 Å². The number of hydrogen-bond donors (Lipinski definition) is 1. The third kappa shape index (κ3) is 2.78. The first kappa shape index (κ1) is 16.5. The van der Waals surface area contributed by atoms with E-state index in [1.807, 2.05) is 4.72 Å². The zero-order valence-corrected chi connectivity index (χ0v) is 14.1. The fraction of sp³-hybridized carbons (Fsp3) is 0.143. The van der Waals surface area contributed by atoms with E-state index >= 15 is 0 Å². The number of halogens is 2. The number of thiazole rings is 1. The van der Waals surface area contributed by atoms with Crippen LogP contribution in [0.1, 0.15) is 10.6 Å². The second-order valence-electron chi connectivity index (χ2n) is 5.06. The monoisotopic (exact) mass is 371 g/mol. The minimum Gasteiger partial charge on any atom is -0.276 e. The molecule has 0 unspecified atom stereocenters. The summed E-state index contributed by atoms with van der Waals surface area (Å²) in [5, 5.41) is 0. The molecule has 0 saturated carbocycles. The molecule has 24 heavy (non-hydrogen) atoms. The van der Waals surface area contributed by atoms with Crippen molar-refractivity contribution in [2.24, 2.45) is 0 Å². The maximum Gasteiger partial charge on any atom is 0.279 e. The number of sulfonamides is 1. The molecule has 3 aromatic rings. The Labute approximate surface area is 139 Å². The molecule has 0 atom stereocenters. The maximum absolute atomic E-state index is 13.7. The van der Waals surface area contributed by atoms with Gasteiger partial charge in [-0.05, 0) is 26.0 Å². The molecule has 0 aliphatic rings. The number of aryl methyl sites for hydroxylation is 2. The highest BCUT2D eigenvalue weighted by Crippen LogP contribution is 2.21. The van der Waals surface area contributed by atoms with Crippen molar-refractivity contribution in [3.8, 4) is 0 Å². The summed E-state index contributed by atoms with van der Waals surface area (Å²) in [6.07, 6.45) is 1.47. The molecule has 0 bridgehead atoms. The maximum atomic E-state index is 13.7. The molecule has 2 aromatic heterocycles. The van der Waals surface area contributed by atoms with Gasteiger partial charge in [0.25, 0.3) is 15.6 Å². The van der Waals surface area contributed by atoms with Crippen LogP contribution in [0.4, 0.5) is 14.5 Å². The van der Waals surface area contributed by atoms with Crippen LogP contribution in [0, 0.1) is 25.5 Å². The van der Waals surface area contributed by atoms with Crippen LogP contribution in [0.15, 0.2) is 34.1 Å². The van der Waals surface area contributed by atoms with Gasteiger partial charge in [0.2, 0.25) is 0 Å². The number of fused-ring (bicyclic) bond motifs is 1. The number of hydrogen-bond acceptors (Lipinski definition) is 5. The van der Waals surface area contributed by atoms with E-state index in [-0.39, 0.29) is 5.69 Å². The van der Waals surface area contributed by atoms with Gasteiger partial charge in [0.15, 0.2) is 9.86 Å². The molecular formula is C14H11F2N3O3S2. The fourth-order valence-corrected chi connectivity index (χ4v) is 4.39. The van der Waals surface area contributed by atoms with Gasteiger partial charge < -0.3 is 0 Å². The van der Waals surface area contributed by atoms with Crippen molar-refractivity contribution in [2.75, 3.05) is 4.72 Å². The second kappa shape index (κ2) is 5.64. The third-order valence-corrected chi connectivity index (χ3v) is 5.61. The Bertz CT molecular complexity index is 1120. The lowest BCUT2D eigenvalue weighted by Gasteiger charge is -2.10. The number of rotatable bonds is 3. The number of nitrogens with one attached hydrogen (secondary N) is 1. The zero-order valence-electron chi connectivity index (χ0n) is 12.5. The smallest absolute Gasteiger partial charge is 0.276 e. The number of aromatic nitrogens is 2. The zero-order chi connectivity index (χ0) is 17.6. The minimum atomic E-state index is -4.44. The van der Waals surface area contributed by atoms with E-state index in [4.69, 9.17) is 0 Å². The molecule has 0 saturated heterocycles. The van der Waals surface area contributed by atoms with Crippen molar-refractivity contribution in [3.05, 3.63) is 57.0 Å². The molecule has 6 nitrogen and oxygen atoms in total. The van der Waals surface area contributed by atoms with Crippen LogP contribution in [0.25, 0.3) is 4.96 Å². The predicted molar refractivity (Wildman–Crippen MR) is 86.0 cm³/mol. The molecule has 0 spiro atoms. The Morgan fingerprint density at radius 1 is 1.25 bits per heavy atom. The molecule has 126 valence electrons. The van der Waals surface area contributed by atoms with Gasteiger partial charge >= 0.3 is 0 Å². The third-order valence-electron chi connectivity index (χ3n) is 3.22. The highest BCUT2D eigenvalue weighted by Gasteiger charge is 2.25. The van der Waals surface area contributed by atoms with Gasteiger partial charge in [-0.3, -0.25) is 13.9 Å². The van der Waals surface area contributed by atoms with E-state index in [9.17, 15) is 22.0 Å². The van der Waals surface area contributed by atoms with E-state index in [1.165, 1.54) is 24.5 Å². The Balaban J connectivity index is 2.18. The van der Waals surface area contributed by atoms with Gasteiger partial charge in [0, 0.05) is 17.1 Å². The predicted octanol–water partition coefficient (Wildman–Crippen LogP) is 2.45. The van der Waals surface area contributed by atoms with Gasteiger partial charge in [-0.1, -0.05) is 0 Å². The largest absolute Gasteiger partial charge is 0.279 e. The van der Waals surface area contributed by atoms with Crippen molar-refractivity contribution < 1.29 is 17.2 Å². The lowest BCUT2D eigenvalue weighted by Crippen LogP contribution is -2.27. The summed E-state index contributed by atoms with van der Waals surface area (Å²) < 4.78 is 54.9. The van der Waals surface area contributed by atoms with Crippen LogP contribution < -0.4 is 10.3 Å². The van der Waals surface area contributed by atoms with Crippen LogP contribution in [0.2, 0.25) is 0 Å². The molecule has 0 radical (unpaired) electrons. The molecule has 2 heterocycles. The van der Waals surface area contributed by atoms with Gasteiger partial charge in [-0.2, -0.15) is 0 Å². The molecule has 0 aliphatic heterocycles. The Kier molecular flexibility index (Phi) is 3.88. The number of anilines is 1. The quantitative estimate of drug-likeness (QED) is 0.767. The van der Waals surface area contributed by atoms with E-state index in [2.05, 4.69) is 4.98 Å². The minimum absolute atomic E-state index is 0.0221. The van der Waals surface area contributed by atoms with Gasteiger partial charge in [0.1, 0.15) is 11.6 Å². The molecule has 0 aliphatic carbocycles. The topological polar surface area (TPSA) is 80.5 Å².